The van der Waals surface area contributed by atoms with Crippen LogP contribution in [0.4, 0.5) is 0 Å². The van der Waals surface area contributed by atoms with Crippen molar-refractivity contribution in [3.05, 3.63) is 23.7 Å². The van der Waals surface area contributed by atoms with E-state index in [0.717, 1.165) is 12.2 Å². The summed E-state index contributed by atoms with van der Waals surface area (Å²) in [6, 6.07) is 3.23. The third kappa shape index (κ3) is 1.47. The molecular weight excluding hydrogens is 236 g/mol. The van der Waals surface area contributed by atoms with Gasteiger partial charge in [-0.1, -0.05) is 0 Å². The first-order valence-corrected chi connectivity index (χ1v) is 5.20. The second-order valence-electron chi connectivity index (χ2n) is 4.17. The Balaban J connectivity index is 2.43. The van der Waals surface area contributed by atoms with Gasteiger partial charge < -0.3 is 10.2 Å². The summed E-state index contributed by atoms with van der Waals surface area (Å²) in [5.41, 5.74) is 0. The van der Waals surface area contributed by atoms with Crippen molar-refractivity contribution in [1.82, 2.24) is 0 Å². The fourth-order valence-corrected chi connectivity index (χ4v) is 2.30. The molecule has 0 radical (unpaired) electrons. The molecule has 0 heterocycles. The normalized spacial score (nSPS) is 30.3. The molecular formula is C12H8N2O4. The van der Waals surface area contributed by atoms with Crippen LogP contribution in [-0.4, -0.2) is 21.8 Å². The third-order valence-corrected chi connectivity index (χ3v) is 3.21. The first-order valence-electron chi connectivity index (χ1n) is 5.20. The Kier molecular flexibility index (Phi) is 2.64. The minimum Gasteiger partial charge on any atom is -0.504 e. The highest BCUT2D eigenvalue weighted by molar-refractivity contribution is 6.14. The van der Waals surface area contributed by atoms with Gasteiger partial charge in [-0.15, -0.1) is 0 Å². The SMILES string of the molecule is N#CC(C#N)C1C(=O)C2C=C(O)C(O)=CC2C1=O. The molecule has 0 aromatic heterocycles. The zero-order valence-electron chi connectivity index (χ0n) is 9.07. The molecule has 0 bridgehead atoms. The van der Waals surface area contributed by atoms with Crippen molar-refractivity contribution >= 4 is 11.6 Å². The van der Waals surface area contributed by atoms with Crippen LogP contribution in [0, 0.1) is 46.3 Å². The van der Waals surface area contributed by atoms with Crippen LogP contribution < -0.4 is 0 Å². The maximum Gasteiger partial charge on any atom is 0.153 e. The summed E-state index contributed by atoms with van der Waals surface area (Å²) in [5, 5.41) is 36.1. The second-order valence-corrected chi connectivity index (χ2v) is 4.17. The molecule has 0 aromatic carbocycles. The van der Waals surface area contributed by atoms with E-state index >= 15 is 0 Å². The minimum atomic E-state index is -1.33. The fraction of sp³-hybridized carbons (Fsp3) is 0.333. The Hall–Kier alpha value is -2.60. The van der Waals surface area contributed by atoms with Crippen molar-refractivity contribution in [3.63, 3.8) is 0 Å². The van der Waals surface area contributed by atoms with Gasteiger partial charge in [-0.2, -0.15) is 10.5 Å². The standard InChI is InChI=1S/C12H8N2O4/c13-3-5(4-14)10-11(17)6-1-8(15)9(16)2-7(6)12(10)18/h1-2,5-7,10,15-16H. The predicted octanol–water partition coefficient (Wildman–Crippen LogP) is 0.548. The Morgan fingerprint density at radius 1 is 1.00 bits per heavy atom. The van der Waals surface area contributed by atoms with E-state index in [2.05, 4.69) is 0 Å². The van der Waals surface area contributed by atoms with Crippen LogP contribution in [0.3, 0.4) is 0 Å². The molecule has 0 amide bonds. The van der Waals surface area contributed by atoms with Gasteiger partial charge in [0.1, 0.15) is 11.8 Å². The summed E-state index contributed by atoms with van der Waals surface area (Å²) in [6.07, 6.45) is 2.18. The third-order valence-electron chi connectivity index (χ3n) is 3.21. The van der Waals surface area contributed by atoms with Crippen molar-refractivity contribution in [2.75, 3.05) is 0 Å². The fourth-order valence-electron chi connectivity index (χ4n) is 2.30. The maximum absolute atomic E-state index is 12.0. The lowest BCUT2D eigenvalue weighted by molar-refractivity contribution is -0.128. The van der Waals surface area contributed by atoms with E-state index < -0.39 is 46.8 Å². The zero-order chi connectivity index (χ0) is 13.4. The van der Waals surface area contributed by atoms with Gasteiger partial charge in [0.2, 0.25) is 0 Å². The summed E-state index contributed by atoms with van der Waals surface area (Å²) in [7, 11) is 0. The molecule has 2 unspecified atom stereocenters. The number of hydrogen-bond donors (Lipinski definition) is 2. The Labute approximate surface area is 102 Å². The van der Waals surface area contributed by atoms with E-state index in [9.17, 15) is 19.8 Å². The highest BCUT2D eigenvalue weighted by atomic mass is 16.3. The first-order chi connectivity index (χ1) is 8.51. The Morgan fingerprint density at radius 2 is 1.39 bits per heavy atom. The molecule has 18 heavy (non-hydrogen) atoms. The number of nitrogens with zero attached hydrogens (tertiary/aromatic N) is 2. The van der Waals surface area contributed by atoms with Crippen LogP contribution in [0.15, 0.2) is 23.7 Å². The van der Waals surface area contributed by atoms with E-state index in [1.807, 2.05) is 0 Å². The monoisotopic (exact) mass is 244 g/mol. The van der Waals surface area contributed by atoms with E-state index in [4.69, 9.17) is 10.5 Å². The smallest absolute Gasteiger partial charge is 0.153 e. The molecule has 2 atom stereocenters. The van der Waals surface area contributed by atoms with Gasteiger partial charge >= 0.3 is 0 Å². The topological polar surface area (TPSA) is 122 Å². The Morgan fingerprint density at radius 3 is 1.72 bits per heavy atom. The molecule has 1 saturated carbocycles. The highest BCUT2D eigenvalue weighted by Crippen LogP contribution is 2.39. The number of hydrogen-bond acceptors (Lipinski definition) is 6. The number of ketones is 2. The zero-order valence-corrected chi connectivity index (χ0v) is 9.07. The van der Waals surface area contributed by atoms with Crippen LogP contribution in [-0.2, 0) is 9.59 Å². The number of fused-ring (bicyclic) bond motifs is 1. The molecule has 1 fully saturated rings. The molecule has 6 heteroatoms. The number of nitriles is 2. The number of Topliss-reactive ketones (excluding diaryl/α,β-unsaturated/α-hetero) is 2. The van der Waals surface area contributed by atoms with Gasteiger partial charge in [0.25, 0.3) is 0 Å². The molecule has 90 valence electrons. The number of aliphatic hydroxyl groups excluding tert-OH is 2. The Bertz CT molecular complexity index is 526. The lowest BCUT2D eigenvalue weighted by atomic mass is 9.89. The number of rotatable bonds is 1. The first kappa shape index (κ1) is 11.9. The predicted molar refractivity (Wildman–Crippen MR) is 56.6 cm³/mol. The molecule has 2 aliphatic rings. The molecule has 0 aliphatic heterocycles. The van der Waals surface area contributed by atoms with E-state index in [-0.39, 0.29) is 0 Å². The van der Waals surface area contributed by atoms with Gasteiger partial charge in [-0.3, -0.25) is 9.59 Å². The average Bonchev–Trinajstić information content (AvgIpc) is 2.57. The van der Waals surface area contributed by atoms with Crippen LogP contribution in [0.2, 0.25) is 0 Å². The van der Waals surface area contributed by atoms with Crippen LogP contribution >= 0.6 is 0 Å². The quantitative estimate of drug-likeness (QED) is 0.649. The molecule has 2 aliphatic carbocycles. The maximum atomic E-state index is 12.0. The lowest BCUT2D eigenvalue weighted by Gasteiger charge is -2.15. The van der Waals surface area contributed by atoms with Crippen LogP contribution in [0.5, 0.6) is 0 Å². The van der Waals surface area contributed by atoms with E-state index in [1.165, 1.54) is 0 Å². The summed E-state index contributed by atoms with van der Waals surface area (Å²) in [5.74, 6) is -6.50. The van der Waals surface area contributed by atoms with E-state index in [0.29, 0.717) is 0 Å². The van der Waals surface area contributed by atoms with Gasteiger partial charge in [-0.05, 0) is 12.2 Å². The molecule has 0 spiro atoms. The minimum absolute atomic E-state index is 0.469. The molecule has 2 rings (SSSR count). The van der Waals surface area contributed by atoms with Crippen molar-refractivity contribution < 1.29 is 19.8 Å². The summed E-state index contributed by atoms with van der Waals surface area (Å²) >= 11 is 0. The van der Waals surface area contributed by atoms with Gasteiger partial charge in [0.05, 0.1) is 24.0 Å². The summed E-state index contributed by atoms with van der Waals surface area (Å²) in [6.45, 7) is 0. The largest absolute Gasteiger partial charge is 0.504 e. The average molecular weight is 244 g/mol. The molecule has 0 aromatic rings. The number of aliphatic hydroxyl groups is 2. The van der Waals surface area contributed by atoms with Crippen molar-refractivity contribution in [2.24, 2.45) is 23.7 Å². The second kappa shape index (κ2) is 4.01. The highest BCUT2D eigenvalue weighted by Gasteiger charge is 2.52. The van der Waals surface area contributed by atoms with Crippen LogP contribution in [0.25, 0.3) is 0 Å². The number of allylic oxidation sites excluding steroid dienone is 2. The van der Waals surface area contributed by atoms with Crippen LogP contribution in [0.1, 0.15) is 0 Å². The van der Waals surface area contributed by atoms with E-state index in [1.54, 1.807) is 12.1 Å². The number of carbonyl (C=O) groups excluding carboxylic acids is 2. The van der Waals surface area contributed by atoms with Gasteiger partial charge in [0.15, 0.2) is 23.1 Å². The van der Waals surface area contributed by atoms with Crippen molar-refractivity contribution in [3.8, 4) is 12.1 Å². The van der Waals surface area contributed by atoms with Crippen molar-refractivity contribution in [2.45, 2.75) is 0 Å². The molecule has 2 N–H and O–H groups in total. The molecule has 0 saturated heterocycles. The number of carbonyl (C=O) groups is 2. The molecule has 6 nitrogen and oxygen atoms in total. The summed E-state index contributed by atoms with van der Waals surface area (Å²) in [4.78, 5) is 23.9. The summed E-state index contributed by atoms with van der Waals surface area (Å²) < 4.78 is 0. The van der Waals surface area contributed by atoms with Crippen molar-refractivity contribution in [1.29, 1.82) is 10.5 Å². The lowest BCUT2D eigenvalue weighted by Crippen LogP contribution is -2.24. The van der Waals surface area contributed by atoms with Gasteiger partial charge in [0, 0.05) is 0 Å². The van der Waals surface area contributed by atoms with Gasteiger partial charge in [-0.25, -0.2) is 0 Å².